The molecule has 6 nitrogen and oxygen atoms in total. The van der Waals surface area contributed by atoms with Crippen molar-refractivity contribution in [1.29, 1.82) is 0 Å². The van der Waals surface area contributed by atoms with Gasteiger partial charge in [0.25, 0.3) is 11.5 Å². The second-order valence-electron chi connectivity index (χ2n) is 5.98. The number of nitrogens with one attached hydrogen (secondary N) is 1. The van der Waals surface area contributed by atoms with Gasteiger partial charge in [0.05, 0.1) is 0 Å². The first-order valence-electron chi connectivity index (χ1n) is 8.92. The van der Waals surface area contributed by atoms with E-state index in [9.17, 15) is 9.59 Å². The highest BCUT2D eigenvalue weighted by atomic mass is 32.2. The fourth-order valence-electron chi connectivity index (χ4n) is 2.75. The Kier molecular flexibility index (Phi) is 5.64. The number of fused-ring (bicyclic) bond motifs is 1. The molecule has 1 N–H and O–H groups in total. The summed E-state index contributed by atoms with van der Waals surface area (Å²) < 4.78 is 7.20. The Labute approximate surface area is 175 Å². The first kappa shape index (κ1) is 19.2. The van der Waals surface area contributed by atoms with Crippen molar-refractivity contribution < 1.29 is 9.53 Å². The van der Waals surface area contributed by atoms with Crippen LogP contribution >= 0.6 is 23.1 Å². The van der Waals surface area contributed by atoms with E-state index in [1.807, 2.05) is 37.3 Å². The quantitative estimate of drug-likeness (QED) is 0.352. The Hall–Kier alpha value is -3.10. The molecule has 0 saturated carbocycles. The number of rotatable bonds is 6. The van der Waals surface area contributed by atoms with Crippen molar-refractivity contribution in [3.63, 3.8) is 0 Å². The maximum Gasteiger partial charge on any atom is 0.272 e. The Balaban J connectivity index is 1.63. The SMILES string of the molecule is CCSc1nc2sccn2c(=O)c1C(=O)Nc1cccc(Oc2ccccc2)c1. The second kappa shape index (κ2) is 8.50. The highest BCUT2D eigenvalue weighted by molar-refractivity contribution is 7.99. The standard InChI is InChI=1S/C21H17N3O3S2/c1-2-28-19-17(20(26)24-11-12-29-21(24)23-19)18(25)22-14-7-6-10-16(13-14)27-15-8-4-3-5-9-15/h3-13H,2H2,1H3,(H,22,25). The lowest BCUT2D eigenvalue weighted by atomic mass is 10.2. The van der Waals surface area contributed by atoms with Crippen molar-refractivity contribution in [3.05, 3.63) is 82.1 Å². The molecule has 2 aromatic carbocycles. The van der Waals surface area contributed by atoms with E-state index in [-0.39, 0.29) is 11.1 Å². The minimum absolute atomic E-state index is 0.0436. The van der Waals surface area contributed by atoms with Crippen LogP contribution in [0.1, 0.15) is 17.3 Å². The van der Waals surface area contributed by atoms with Crippen molar-refractivity contribution in [2.24, 2.45) is 0 Å². The summed E-state index contributed by atoms with van der Waals surface area (Å²) in [6, 6.07) is 16.4. The number of carbonyl (C=O) groups is 1. The molecule has 0 aliphatic rings. The summed E-state index contributed by atoms with van der Waals surface area (Å²) in [5.41, 5.74) is 0.203. The van der Waals surface area contributed by atoms with Crippen LogP contribution in [0.4, 0.5) is 5.69 Å². The van der Waals surface area contributed by atoms with E-state index >= 15 is 0 Å². The minimum atomic E-state index is -0.490. The molecule has 0 radical (unpaired) electrons. The first-order chi connectivity index (χ1) is 14.2. The monoisotopic (exact) mass is 423 g/mol. The van der Waals surface area contributed by atoms with E-state index in [1.54, 1.807) is 35.8 Å². The lowest BCUT2D eigenvalue weighted by Gasteiger charge is -2.10. The molecule has 0 bridgehead atoms. The molecule has 1 amide bonds. The molecule has 0 fully saturated rings. The van der Waals surface area contributed by atoms with Crippen LogP contribution in [0.5, 0.6) is 11.5 Å². The topological polar surface area (TPSA) is 72.7 Å². The number of para-hydroxylation sites is 1. The number of thioether (sulfide) groups is 1. The predicted octanol–water partition coefficient (Wildman–Crippen LogP) is 4.91. The van der Waals surface area contributed by atoms with Crippen molar-refractivity contribution in [2.75, 3.05) is 11.1 Å². The summed E-state index contributed by atoms with van der Waals surface area (Å²) in [4.78, 5) is 30.9. The zero-order valence-corrected chi connectivity index (χ0v) is 17.1. The van der Waals surface area contributed by atoms with Crippen LogP contribution < -0.4 is 15.6 Å². The molecule has 0 unspecified atom stereocenters. The number of nitrogens with zero attached hydrogens (tertiary/aromatic N) is 2. The number of amides is 1. The van der Waals surface area contributed by atoms with E-state index in [2.05, 4.69) is 10.3 Å². The Bertz CT molecular complexity index is 1220. The molecule has 4 aromatic rings. The zero-order valence-electron chi connectivity index (χ0n) is 15.5. The van der Waals surface area contributed by atoms with Gasteiger partial charge in [0, 0.05) is 23.3 Å². The second-order valence-corrected chi connectivity index (χ2v) is 8.11. The molecule has 146 valence electrons. The Morgan fingerprint density at radius 3 is 2.76 bits per heavy atom. The minimum Gasteiger partial charge on any atom is -0.457 e. The average Bonchev–Trinajstić information content (AvgIpc) is 3.18. The van der Waals surface area contributed by atoms with Crippen molar-refractivity contribution in [2.45, 2.75) is 11.9 Å². The number of thiazole rings is 1. The lowest BCUT2D eigenvalue weighted by Crippen LogP contribution is -2.27. The van der Waals surface area contributed by atoms with Gasteiger partial charge < -0.3 is 10.1 Å². The molecule has 0 saturated heterocycles. The van der Waals surface area contributed by atoms with E-state index in [0.29, 0.717) is 32.9 Å². The van der Waals surface area contributed by atoms with Crippen LogP contribution in [0.15, 0.2) is 76.0 Å². The number of hydrogen-bond acceptors (Lipinski definition) is 6. The van der Waals surface area contributed by atoms with Gasteiger partial charge >= 0.3 is 0 Å². The summed E-state index contributed by atoms with van der Waals surface area (Å²) in [6.45, 7) is 1.95. The maximum absolute atomic E-state index is 13.0. The van der Waals surface area contributed by atoms with Crippen LogP contribution in [0.2, 0.25) is 0 Å². The van der Waals surface area contributed by atoms with Gasteiger partial charge in [-0.15, -0.1) is 23.1 Å². The summed E-state index contributed by atoms with van der Waals surface area (Å²) in [7, 11) is 0. The highest BCUT2D eigenvalue weighted by Gasteiger charge is 2.21. The molecule has 8 heteroatoms. The molecule has 4 rings (SSSR count). The van der Waals surface area contributed by atoms with Crippen LogP contribution in [-0.4, -0.2) is 21.0 Å². The molecule has 0 spiro atoms. The van der Waals surface area contributed by atoms with E-state index in [4.69, 9.17) is 4.74 Å². The number of hydrogen-bond donors (Lipinski definition) is 1. The smallest absolute Gasteiger partial charge is 0.272 e. The van der Waals surface area contributed by atoms with Crippen molar-refractivity contribution in [3.8, 4) is 11.5 Å². The highest BCUT2D eigenvalue weighted by Crippen LogP contribution is 2.25. The van der Waals surface area contributed by atoms with Crippen molar-refractivity contribution >= 4 is 39.7 Å². The number of anilines is 1. The third-order valence-electron chi connectivity index (χ3n) is 4.01. The number of carbonyl (C=O) groups excluding carboxylic acids is 1. The van der Waals surface area contributed by atoms with Gasteiger partial charge in [-0.1, -0.05) is 31.2 Å². The number of aromatic nitrogens is 2. The van der Waals surface area contributed by atoms with E-state index in [0.717, 1.165) is 0 Å². The molecule has 0 aliphatic carbocycles. The normalized spacial score (nSPS) is 10.8. The Morgan fingerprint density at radius 2 is 1.97 bits per heavy atom. The van der Waals surface area contributed by atoms with Crippen LogP contribution in [0, 0.1) is 0 Å². The predicted molar refractivity (Wildman–Crippen MR) is 117 cm³/mol. The summed E-state index contributed by atoms with van der Waals surface area (Å²) >= 11 is 2.73. The maximum atomic E-state index is 13.0. The van der Waals surface area contributed by atoms with Crippen LogP contribution in [-0.2, 0) is 0 Å². The third kappa shape index (κ3) is 4.18. The van der Waals surface area contributed by atoms with Gasteiger partial charge in [-0.05, 0) is 30.0 Å². The number of benzene rings is 2. The fraction of sp³-hybridized carbons (Fsp3) is 0.0952. The first-order valence-corrected chi connectivity index (χ1v) is 10.8. The van der Waals surface area contributed by atoms with Gasteiger partial charge in [0.15, 0.2) is 4.96 Å². The third-order valence-corrected chi connectivity index (χ3v) is 5.63. The largest absolute Gasteiger partial charge is 0.457 e. The van der Waals surface area contributed by atoms with E-state index < -0.39 is 5.91 Å². The molecule has 2 heterocycles. The van der Waals surface area contributed by atoms with Crippen molar-refractivity contribution in [1.82, 2.24) is 9.38 Å². The van der Waals surface area contributed by atoms with Gasteiger partial charge in [0.1, 0.15) is 22.1 Å². The summed E-state index contributed by atoms with van der Waals surface area (Å²) in [5, 5.41) is 5.01. The van der Waals surface area contributed by atoms with Crippen LogP contribution in [0.25, 0.3) is 4.96 Å². The molecular formula is C21H17N3O3S2. The average molecular weight is 424 g/mol. The summed E-state index contributed by atoms with van der Waals surface area (Å²) in [6.07, 6.45) is 1.63. The van der Waals surface area contributed by atoms with Gasteiger partial charge in [-0.25, -0.2) is 4.98 Å². The van der Waals surface area contributed by atoms with Gasteiger partial charge in [-0.3, -0.25) is 14.0 Å². The zero-order chi connectivity index (χ0) is 20.2. The number of ether oxygens (including phenoxy) is 1. The molecule has 0 aliphatic heterocycles. The summed E-state index contributed by atoms with van der Waals surface area (Å²) in [5.74, 6) is 1.49. The molecule has 0 atom stereocenters. The molecule has 29 heavy (non-hydrogen) atoms. The fourth-order valence-corrected chi connectivity index (χ4v) is 4.27. The Morgan fingerprint density at radius 1 is 1.17 bits per heavy atom. The lowest BCUT2D eigenvalue weighted by molar-refractivity contribution is 0.102. The van der Waals surface area contributed by atoms with Gasteiger partial charge in [0.2, 0.25) is 0 Å². The van der Waals surface area contributed by atoms with Gasteiger partial charge in [-0.2, -0.15) is 0 Å². The van der Waals surface area contributed by atoms with Crippen LogP contribution in [0.3, 0.4) is 0 Å². The van der Waals surface area contributed by atoms with E-state index in [1.165, 1.54) is 27.5 Å². The molecule has 2 aromatic heterocycles. The molecular weight excluding hydrogens is 406 g/mol.